The molecule has 68 valence electrons. The first kappa shape index (κ1) is 11.5. The lowest BCUT2D eigenvalue weighted by atomic mass is 10.6. The van der Waals surface area contributed by atoms with Crippen molar-refractivity contribution in [3.05, 3.63) is 0 Å². The van der Waals surface area contributed by atoms with Gasteiger partial charge in [-0.05, 0) is 18.7 Å². The van der Waals surface area contributed by atoms with Crippen molar-refractivity contribution in [3.8, 4) is 0 Å². The molecule has 0 bridgehead atoms. The molecule has 0 spiro atoms. The summed E-state index contributed by atoms with van der Waals surface area (Å²) in [5, 5.41) is 0. The quantitative estimate of drug-likeness (QED) is 0.508. The second-order valence-electron chi connectivity index (χ2n) is 2.36. The number of rotatable bonds is 5. The Hall–Kier alpha value is 0.490. The van der Waals surface area contributed by atoms with Crippen molar-refractivity contribution in [3.63, 3.8) is 0 Å². The maximum Gasteiger partial charge on any atom is 0.0155 e. The Balaban J connectivity index is 3.81. The van der Waals surface area contributed by atoms with Crippen LogP contribution in [-0.2, 0) is 0 Å². The van der Waals surface area contributed by atoms with Crippen LogP contribution < -0.4 is 11.5 Å². The summed E-state index contributed by atoms with van der Waals surface area (Å²) in [7, 11) is 2.29. The van der Waals surface area contributed by atoms with Gasteiger partial charge in [-0.3, -0.25) is 0 Å². The van der Waals surface area contributed by atoms with Crippen LogP contribution in [0.3, 0.4) is 0 Å². The third-order valence-electron chi connectivity index (χ3n) is 1.10. The molecule has 0 aliphatic carbocycles. The lowest BCUT2D eigenvalue weighted by Crippen LogP contribution is -2.06. The SMILES string of the molecule is CC(C)=S(CCN)SCCN. The predicted molar refractivity (Wildman–Crippen MR) is 59.4 cm³/mol. The topological polar surface area (TPSA) is 52.0 Å². The maximum atomic E-state index is 5.49. The Kier molecular flexibility index (Phi) is 7.47. The molecule has 0 aliphatic heterocycles. The lowest BCUT2D eigenvalue weighted by Gasteiger charge is -2.08. The van der Waals surface area contributed by atoms with Gasteiger partial charge in [0.25, 0.3) is 0 Å². The second kappa shape index (κ2) is 7.16. The molecular formula is C7H18N2S2. The fourth-order valence-electron chi connectivity index (χ4n) is 0.637. The Labute approximate surface area is 75.4 Å². The van der Waals surface area contributed by atoms with Gasteiger partial charge in [0, 0.05) is 24.6 Å². The van der Waals surface area contributed by atoms with Gasteiger partial charge in [0.05, 0.1) is 0 Å². The molecule has 0 rings (SSSR count). The van der Waals surface area contributed by atoms with Crippen LogP contribution in [0.2, 0.25) is 0 Å². The highest BCUT2D eigenvalue weighted by Crippen LogP contribution is 2.30. The maximum absolute atomic E-state index is 5.49. The largest absolute Gasteiger partial charge is 0.330 e. The van der Waals surface area contributed by atoms with E-state index in [1.807, 2.05) is 10.8 Å². The molecule has 0 aromatic heterocycles. The molecule has 0 amide bonds. The summed E-state index contributed by atoms with van der Waals surface area (Å²) in [6.07, 6.45) is 0. The van der Waals surface area contributed by atoms with Crippen LogP contribution in [0, 0.1) is 0 Å². The van der Waals surface area contributed by atoms with Crippen molar-refractivity contribution in [1.82, 2.24) is 0 Å². The fourth-order valence-corrected chi connectivity index (χ4v) is 4.15. The fraction of sp³-hybridized carbons (Fsp3) is 0.857. The van der Waals surface area contributed by atoms with E-state index in [0.717, 1.165) is 24.6 Å². The standard InChI is InChI=1S/C7H18N2S2/c1-7(2)11(6-4-9)10-5-3-8/h3-6,8-9H2,1-2H3. The smallest absolute Gasteiger partial charge is 0.0155 e. The van der Waals surface area contributed by atoms with Crippen LogP contribution in [0.5, 0.6) is 0 Å². The third-order valence-corrected chi connectivity index (χ3v) is 6.16. The Morgan fingerprint density at radius 3 is 2.27 bits per heavy atom. The molecule has 0 saturated carbocycles. The molecule has 0 heterocycles. The van der Waals surface area contributed by atoms with Gasteiger partial charge < -0.3 is 11.5 Å². The minimum atomic E-state index is 0.352. The first-order valence-corrected chi connectivity index (χ1v) is 6.66. The Morgan fingerprint density at radius 1 is 1.27 bits per heavy atom. The van der Waals surface area contributed by atoms with Crippen LogP contribution in [0.4, 0.5) is 0 Å². The van der Waals surface area contributed by atoms with E-state index in [9.17, 15) is 0 Å². The summed E-state index contributed by atoms with van der Waals surface area (Å²) in [4.78, 5) is 1.48. The molecule has 0 aromatic carbocycles. The molecule has 11 heavy (non-hydrogen) atoms. The highest BCUT2D eigenvalue weighted by atomic mass is 33.1. The first-order valence-electron chi connectivity index (χ1n) is 3.76. The van der Waals surface area contributed by atoms with Gasteiger partial charge >= 0.3 is 0 Å². The molecule has 1 atom stereocenters. The van der Waals surface area contributed by atoms with E-state index in [2.05, 4.69) is 13.8 Å². The van der Waals surface area contributed by atoms with Gasteiger partial charge in [-0.1, -0.05) is 10.8 Å². The molecule has 1 unspecified atom stereocenters. The summed E-state index contributed by atoms with van der Waals surface area (Å²) in [5.41, 5.74) is 10.9. The van der Waals surface area contributed by atoms with Gasteiger partial charge in [0.15, 0.2) is 0 Å². The average molecular weight is 194 g/mol. The van der Waals surface area contributed by atoms with E-state index in [-0.39, 0.29) is 0 Å². The normalized spacial score (nSPS) is 13.1. The van der Waals surface area contributed by atoms with E-state index in [0.29, 0.717) is 9.52 Å². The minimum absolute atomic E-state index is 0.352. The Morgan fingerprint density at radius 2 is 1.91 bits per heavy atom. The molecule has 0 saturated heterocycles. The highest BCUT2D eigenvalue weighted by molar-refractivity contribution is 8.83. The van der Waals surface area contributed by atoms with Gasteiger partial charge in [-0.15, -0.1) is 9.52 Å². The summed E-state index contributed by atoms with van der Waals surface area (Å²) >= 11 is 0. The molecule has 2 nitrogen and oxygen atoms in total. The predicted octanol–water partition coefficient (Wildman–Crippen LogP) is 1.03. The van der Waals surface area contributed by atoms with Crippen LogP contribution in [0.1, 0.15) is 13.8 Å². The summed E-state index contributed by atoms with van der Waals surface area (Å²) in [6.45, 7) is 5.89. The van der Waals surface area contributed by atoms with Crippen molar-refractivity contribution in [2.75, 3.05) is 24.6 Å². The zero-order valence-electron chi connectivity index (χ0n) is 7.30. The van der Waals surface area contributed by atoms with Crippen molar-refractivity contribution in [2.45, 2.75) is 13.8 Å². The van der Waals surface area contributed by atoms with Crippen LogP contribution >= 0.6 is 20.3 Å². The molecule has 0 aromatic rings. The average Bonchev–Trinajstić information content (AvgIpc) is 1.97. The van der Waals surface area contributed by atoms with Gasteiger partial charge in [0.1, 0.15) is 0 Å². The van der Waals surface area contributed by atoms with Gasteiger partial charge in [-0.25, -0.2) is 0 Å². The van der Waals surface area contributed by atoms with Gasteiger partial charge in [-0.2, -0.15) is 0 Å². The second-order valence-corrected chi connectivity index (χ2v) is 6.83. The van der Waals surface area contributed by atoms with Crippen molar-refractivity contribution in [2.24, 2.45) is 11.5 Å². The van der Waals surface area contributed by atoms with E-state index in [1.165, 1.54) is 4.86 Å². The summed E-state index contributed by atoms with van der Waals surface area (Å²) < 4.78 is 0. The molecule has 0 fully saturated rings. The zero-order valence-corrected chi connectivity index (χ0v) is 8.93. The number of hydrogen-bond donors (Lipinski definition) is 2. The lowest BCUT2D eigenvalue weighted by molar-refractivity contribution is 1.15. The van der Waals surface area contributed by atoms with Crippen molar-refractivity contribution >= 4 is 25.2 Å². The molecule has 0 aliphatic rings. The Bertz CT molecular complexity index is 130. The van der Waals surface area contributed by atoms with Gasteiger partial charge in [0.2, 0.25) is 0 Å². The molecule has 0 radical (unpaired) electrons. The molecule has 4 N–H and O–H groups in total. The van der Waals surface area contributed by atoms with Crippen LogP contribution in [0.15, 0.2) is 0 Å². The summed E-state index contributed by atoms with van der Waals surface area (Å²) in [6, 6.07) is 0. The van der Waals surface area contributed by atoms with E-state index >= 15 is 0 Å². The van der Waals surface area contributed by atoms with E-state index in [4.69, 9.17) is 11.5 Å². The van der Waals surface area contributed by atoms with Crippen LogP contribution in [0.25, 0.3) is 0 Å². The van der Waals surface area contributed by atoms with Crippen molar-refractivity contribution in [1.29, 1.82) is 0 Å². The van der Waals surface area contributed by atoms with E-state index in [1.54, 1.807) is 0 Å². The molecule has 4 heteroatoms. The van der Waals surface area contributed by atoms with E-state index < -0.39 is 0 Å². The highest BCUT2D eigenvalue weighted by Gasteiger charge is 1.96. The van der Waals surface area contributed by atoms with Crippen LogP contribution in [-0.4, -0.2) is 29.5 Å². The minimum Gasteiger partial charge on any atom is -0.330 e. The number of hydrogen-bond acceptors (Lipinski definition) is 3. The zero-order chi connectivity index (χ0) is 8.69. The van der Waals surface area contributed by atoms with Crippen molar-refractivity contribution < 1.29 is 0 Å². The summed E-state index contributed by atoms with van der Waals surface area (Å²) in [5.74, 6) is 2.15. The number of nitrogens with two attached hydrogens (primary N) is 2. The monoisotopic (exact) mass is 194 g/mol. The third kappa shape index (κ3) is 5.73. The molecular weight excluding hydrogens is 176 g/mol. The first-order chi connectivity index (χ1) is 5.22.